The Balaban J connectivity index is 1.83. The van der Waals surface area contributed by atoms with Crippen LogP contribution in [-0.4, -0.2) is 20.7 Å². The zero-order valence-corrected chi connectivity index (χ0v) is 13.4. The normalized spacial score (nSPS) is 10.5. The Hall–Kier alpha value is -3.35. The monoisotopic (exact) mass is 338 g/mol. The van der Waals surface area contributed by atoms with Gasteiger partial charge in [0.1, 0.15) is 17.3 Å². The molecule has 2 heterocycles. The summed E-state index contributed by atoms with van der Waals surface area (Å²) >= 11 is 0. The molecule has 7 heteroatoms. The standard InChI is InChI=1S/C18H15FN4O2/c1-12-3-2-10-20-17(12)21-18(25)15-8-9-16(24)23(22-15)11-13-4-6-14(19)7-5-13/h2-10H,11H2,1H3,(H,20,21,25). The molecule has 0 bridgehead atoms. The van der Waals surface area contributed by atoms with Crippen LogP contribution in [-0.2, 0) is 6.54 Å². The van der Waals surface area contributed by atoms with E-state index < -0.39 is 5.91 Å². The van der Waals surface area contributed by atoms with Crippen LogP contribution in [0.2, 0.25) is 0 Å². The van der Waals surface area contributed by atoms with Gasteiger partial charge >= 0.3 is 0 Å². The molecule has 0 aliphatic heterocycles. The second-order valence-electron chi connectivity index (χ2n) is 5.46. The smallest absolute Gasteiger partial charge is 0.277 e. The van der Waals surface area contributed by atoms with Crippen molar-refractivity contribution < 1.29 is 9.18 Å². The molecule has 0 saturated carbocycles. The van der Waals surface area contributed by atoms with E-state index in [9.17, 15) is 14.0 Å². The van der Waals surface area contributed by atoms with Crippen LogP contribution in [0.3, 0.4) is 0 Å². The number of anilines is 1. The summed E-state index contributed by atoms with van der Waals surface area (Å²) < 4.78 is 14.1. The van der Waals surface area contributed by atoms with Crippen LogP contribution in [0.4, 0.5) is 10.2 Å². The molecule has 3 aromatic rings. The van der Waals surface area contributed by atoms with Gasteiger partial charge in [-0.25, -0.2) is 14.1 Å². The first-order valence-corrected chi connectivity index (χ1v) is 7.58. The van der Waals surface area contributed by atoms with Gasteiger partial charge in [-0.15, -0.1) is 0 Å². The van der Waals surface area contributed by atoms with Crippen molar-refractivity contribution in [1.82, 2.24) is 14.8 Å². The summed E-state index contributed by atoms with van der Waals surface area (Å²) in [5, 5.41) is 6.75. The van der Waals surface area contributed by atoms with E-state index in [-0.39, 0.29) is 23.6 Å². The van der Waals surface area contributed by atoms with Crippen molar-refractivity contribution in [1.29, 1.82) is 0 Å². The first kappa shape index (κ1) is 16.5. The zero-order chi connectivity index (χ0) is 17.8. The number of benzene rings is 1. The topological polar surface area (TPSA) is 76.9 Å². The fourth-order valence-electron chi connectivity index (χ4n) is 2.23. The number of carbonyl (C=O) groups is 1. The SMILES string of the molecule is Cc1cccnc1NC(=O)c1ccc(=O)n(Cc2ccc(F)cc2)n1. The highest BCUT2D eigenvalue weighted by Crippen LogP contribution is 2.10. The molecule has 2 aromatic heterocycles. The molecule has 0 radical (unpaired) electrons. The Bertz CT molecular complexity index is 967. The molecule has 0 atom stereocenters. The molecule has 0 fully saturated rings. The number of nitrogens with one attached hydrogen (secondary N) is 1. The highest BCUT2D eigenvalue weighted by atomic mass is 19.1. The molecule has 0 aliphatic rings. The van der Waals surface area contributed by atoms with Gasteiger partial charge in [0.25, 0.3) is 11.5 Å². The van der Waals surface area contributed by atoms with Gasteiger partial charge in [-0.3, -0.25) is 9.59 Å². The van der Waals surface area contributed by atoms with Crippen LogP contribution in [0.15, 0.2) is 59.5 Å². The Morgan fingerprint density at radius 2 is 1.92 bits per heavy atom. The molecule has 3 rings (SSSR count). The number of amides is 1. The summed E-state index contributed by atoms with van der Waals surface area (Å²) in [5.74, 6) is -0.386. The summed E-state index contributed by atoms with van der Waals surface area (Å²) in [4.78, 5) is 28.4. The minimum Gasteiger partial charge on any atom is -0.305 e. The second-order valence-corrected chi connectivity index (χ2v) is 5.46. The van der Waals surface area contributed by atoms with Gasteiger partial charge in [0, 0.05) is 12.3 Å². The quantitative estimate of drug-likeness (QED) is 0.792. The van der Waals surface area contributed by atoms with Gasteiger partial charge < -0.3 is 5.32 Å². The molecule has 0 spiro atoms. The van der Waals surface area contributed by atoms with Crippen LogP contribution in [0, 0.1) is 12.7 Å². The summed E-state index contributed by atoms with van der Waals surface area (Å²) in [6.45, 7) is 1.97. The van der Waals surface area contributed by atoms with Gasteiger partial charge in [-0.1, -0.05) is 18.2 Å². The maximum absolute atomic E-state index is 13.0. The summed E-state index contributed by atoms with van der Waals surface area (Å²) in [6.07, 6.45) is 1.57. The molecule has 0 saturated heterocycles. The molecule has 0 unspecified atom stereocenters. The van der Waals surface area contributed by atoms with E-state index in [1.807, 2.05) is 13.0 Å². The average molecular weight is 338 g/mol. The lowest BCUT2D eigenvalue weighted by atomic mass is 10.2. The predicted octanol–water partition coefficient (Wildman–Crippen LogP) is 2.39. The predicted molar refractivity (Wildman–Crippen MR) is 90.9 cm³/mol. The minimum absolute atomic E-state index is 0.0896. The van der Waals surface area contributed by atoms with Gasteiger partial charge in [-0.05, 0) is 42.3 Å². The van der Waals surface area contributed by atoms with E-state index in [0.29, 0.717) is 11.4 Å². The molecule has 6 nitrogen and oxygen atoms in total. The summed E-state index contributed by atoms with van der Waals surface area (Å²) in [5.41, 5.74) is 1.26. The Morgan fingerprint density at radius 1 is 1.16 bits per heavy atom. The van der Waals surface area contributed by atoms with Crippen molar-refractivity contribution in [3.63, 3.8) is 0 Å². The van der Waals surface area contributed by atoms with E-state index >= 15 is 0 Å². The van der Waals surface area contributed by atoms with E-state index in [1.54, 1.807) is 24.4 Å². The van der Waals surface area contributed by atoms with Crippen LogP contribution >= 0.6 is 0 Å². The van der Waals surface area contributed by atoms with Crippen LogP contribution in [0.1, 0.15) is 21.6 Å². The molecule has 126 valence electrons. The number of carbonyl (C=O) groups excluding carboxylic acids is 1. The fraction of sp³-hybridized carbons (Fsp3) is 0.111. The minimum atomic E-state index is -0.463. The molecule has 25 heavy (non-hydrogen) atoms. The molecule has 1 N–H and O–H groups in total. The molecule has 1 aromatic carbocycles. The van der Waals surface area contributed by atoms with Crippen molar-refractivity contribution in [2.75, 3.05) is 5.32 Å². The van der Waals surface area contributed by atoms with E-state index in [0.717, 1.165) is 10.2 Å². The Labute approximate surface area is 143 Å². The van der Waals surface area contributed by atoms with Gasteiger partial charge in [0.15, 0.2) is 0 Å². The Morgan fingerprint density at radius 3 is 2.64 bits per heavy atom. The third-order valence-corrected chi connectivity index (χ3v) is 3.59. The lowest BCUT2D eigenvalue weighted by Crippen LogP contribution is -2.26. The average Bonchev–Trinajstić information content (AvgIpc) is 2.60. The number of halogens is 1. The highest BCUT2D eigenvalue weighted by molar-refractivity contribution is 6.02. The van der Waals surface area contributed by atoms with Crippen molar-refractivity contribution in [3.8, 4) is 0 Å². The van der Waals surface area contributed by atoms with Crippen molar-refractivity contribution >= 4 is 11.7 Å². The lowest BCUT2D eigenvalue weighted by Gasteiger charge is -2.09. The van der Waals surface area contributed by atoms with Crippen LogP contribution in [0.25, 0.3) is 0 Å². The summed E-state index contributed by atoms with van der Waals surface area (Å²) in [6, 6.07) is 12.0. The van der Waals surface area contributed by atoms with Gasteiger partial charge in [0.05, 0.1) is 6.54 Å². The molecular formula is C18H15FN4O2. The number of rotatable bonds is 4. The largest absolute Gasteiger partial charge is 0.305 e. The van der Waals surface area contributed by atoms with Crippen molar-refractivity contribution in [2.45, 2.75) is 13.5 Å². The lowest BCUT2D eigenvalue weighted by molar-refractivity contribution is 0.101. The van der Waals surface area contributed by atoms with E-state index in [4.69, 9.17) is 0 Å². The summed E-state index contributed by atoms with van der Waals surface area (Å²) in [7, 11) is 0. The number of hydrogen-bond acceptors (Lipinski definition) is 4. The Kier molecular flexibility index (Phi) is 4.65. The van der Waals surface area contributed by atoms with Gasteiger partial charge in [-0.2, -0.15) is 5.10 Å². The van der Waals surface area contributed by atoms with E-state index in [2.05, 4.69) is 15.4 Å². The van der Waals surface area contributed by atoms with Crippen LogP contribution in [0.5, 0.6) is 0 Å². The third kappa shape index (κ3) is 3.95. The first-order chi connectivity index (χ1) is 12.0. The number of hydrogen-bond donors (Lipinski definition) is 1. The van der Waals surface area contributed by atoms with Crippen molar-refractivity contribution in [3.05, 3.63) is 87.7 Å². The zero-order valence-electron chi connectivity index (χ0n) is 13.4. The second kappa shape index (κ2) is 7.04. The number of aryl methyl sites for hydroxylation is 1. The maximum Gasteiger partial charge on any atom is 0.277 e. The van der Waals surface area contributed by atoms with Crippen LogP contribution < -0.4 is 10.9 Å². The number of aromatic nitrogens is 3. The van der Waals surface area contributed by atoms with Gasteiger partial charge in [0.2, 0.25) is 0 Å². The first-order valence-electron chi connectivity index (χ1n) is 7.58. The third-order valence-electron chi connectivity index (χ3n) is 3.59. The maximum atomic E-state index is 13.0. The van der Waals surface area contributed by atoms with Crippen molar-refractivity contribution in [2.24, 2.45) is 0 Å². The molecule has 0 aliphatic carbocycles. The van der Waals surface area contributed by atoms with E-state index in [1.165, 1.54) is 24.3 Å². The number of pyridine rings is 1. The molecule has 1 amide bonds. The highest BCUT2D eigenvalue weighted by Gasteiger charge is 2.12. The fourth-order valence-corrected chi connectivity index (χ4v) is 2.23. The number of nitrogens with zero attached hydrogens (tertiary/aromatic N) is 3. The molecular weight excluding hydrogens is 323 g/mol.